The van der Waals surface area contributed by atoms with Crippen LogP contribution < -0.4 is 0 Å². The van der Waals surface area contributed by atoms with E-state index < -0.39 is 31.9 Å². The maximum Gasteiger partial charge on any atom is 0.178 e. The average molecular weight is 250 g/mol. The Kier molecular flexibility index (Phi) is 2.93. The smallest absolute Gasteiger partial charge is 0.178 e. The van der Waals surface area contributed by atoms with Gasteiger partial charge in [0.05, 0.1) is 0 Å². The van der Waals surface area contributed by atoms with Gasteiger partial charge < -0.3 is 0 Å². The Morgan fingerprint density at radius 2 is 1.18 bits per heavy atom. The summed E-state index contributed by atoms with van der Waals surface area (Å²) in [4.78, 5) is 23.0. The molecule has 4 nitrogen and oxygen atoms in total. The Balaban J connectivity index is 2.37. The van der Waals surface area contributed by atoms with Gasteiger partial charge in [-0.2, -0.15) is 0 Å². The Bertz CT molecular complexity index is 530. The average Bonchev–Trinajstić information content (AvgIpc) is 2.29. The Morgan fingerprint density at radius 3 is 1.53 bits per heavy atom. The van der Waals surface area contributed by atoms with Crippen LogP contribution in [0.25, 0.3) is 0 Å². The molecule has 0 bridgehead atoms. The number of rotatable bonds is 2. The predicted molar refractivity (Wildman–Crippen MR) is 63.1 cm³/mol. The SMILES string of the molecule is O=C1C=CC=CC1S(=O)(=O)C1C=CC=CC1=O. The molecule has 0 amide bonds. The highest BCUT2D eigenvalue weighted by molar-refractivity contribution is 7.94. The Morgan fingerprint density at radius 1 is 0.765 bits per heavy atom. The van der Waals surface area contributed by atoms with Crippen molar-refractivity contribution in [1.82, 2.24) is 0 Å². The van der Waals surface area contributed by atoms with Gasteiger partial charge in [0.1, 0.15) is 10.5 Å². The van der Waals surface area contributed by atoms with Gasteiger partial charge in [-0.15, -0.1) is 0 Å². The van der Waals surface area contributed by atoms with Gasteiger partial charge in [0.2, 0.25) is 0 Å². The Hall–Kier alpha value is -1.75. The summed E-state index contributed by atoms with van der Waals surface area (Å²) in [5, 5.41) is -2.50. The van der Waals surface area contributed by atoms with Crippen LogP contribution in [0.1, 0.15) is 0 Å². The first-order valence-corrected chi connectivity index (χ1v) is 6.64. The van der Waals surface area contributed by atoms with Gasteiger partial charge >= 0.3 is 0 Å². The van der Waals surface area contributed by atoms with E-state index in [1.165, 1.54) is 48.6 Å². The van der Waals surface area contributed by atoms with Crippen molar-refractivity contribution in [1.29, 1.82) is 0 Å². The van der Waals surface area contributed by atoms with Crippen LogP contribution in [0.3, 0.4) is 0 Å². The van der Waals surface area contributed by atoms with Crippen LogP contribution in [0.2, 0.25) is 0 Å². The van der Waals surface area contributed by atoms with Crippen LogP contribution >= 0.6 is 0 Å². The van der Waals surface area contributed by atoms with Crippen molar-refractivity contribution in [2.24, 2.45) is 0 Å². The summed E-state index contributed by atoms with van der Waals surface area (Å²) in [6.07, 6.45) is 11.0. The van der Waals surface area contributed by atoms with E-state index in [0.717, 1.165) is 0 Å². The molecule has 2 aliphatic carbocycles. The summed E-state index contributed by atoms with van der Waals surface area (Å²) in [5.74, 6) is -1.02. The topological polar surface area (TPSA) is 68.3 Å². The molecule has 0 saturated carbocycles. The molecule has 2 aliphatic rings. The van der Waals surface area contributed by atoms with E-state index >= 15 is 0 Å². The molecular formula is C12H10O4S. The van der Waals surface area contributed by atoms with Gasteiger partial charge in [-0.05, 0) is 12.2 Å². The summed E-state index contributed by atoms with van der Waals surface area (Å²) in [6.45, 7) is 0. The van der Waals surface area contributed by atoms with E-state index in [4.69, 9.17) is 0 Å². The highest BCUT2D eigenvalue weighted by Crippen LogP contribution is 2.19. The van der Waals surface area contributed by atoms with Crippen molar-refractivity contribution in [3.63, 3.8) is 0 Å². The van der Waals surface area contributed by atoms with Crippen LogP contribution in [0, 0.1) is 0 Å². The maximum atomic E-state index is 12.1. The van der Waals surface area contributed by atoms with Gasteiger partial charge in [0, 0.05) is 0 Å². The molecule has 0 N–H and O–H groups in total. The second-order valence-electron chi connectivity index (χ2n) is 3.72. The van der Waals surface area contributed by atoms with Crippen molar-refractivity contribution < 1.29 is 18.0 Å². The summed E-state index contributed by atoms with van der Waals surface area (Å²) in [7, 11) is -3.86. The van der Waals surface area contributed by atoms with Crippen LogP contribution in [-0.4, -0.2) is 30.5 Å². The second kappa shape index (κ2) is 4.25. The molecule has 2 atom stereocenters. The van der Waals surface area contributed by atoms with Crippen molar-refractivity contribution >= 4 is 21.4 Å². The minimum absolute atomic E-state index is 0.511. The molecule has 0 aromatic carbocycles. The number of allylic oxidation sites excluding steroid dienone is 6. The molecule has 0 aromatic rings. The largest absolute Gasteiger partial charge is 0.293 e. The number of carbonyl (C=O) groups is 2. The third kappa shape index (κ3) is 2.06. The first-order chi connectivity index (χ1) is 8.03. The van der Waals surface area contributed by atoms with Gasteiger partial charge in [0.25, 0.3) is 0 Å². The lowest BCUT2D eigenvalue weighted by Crippen LogP contribution is -2.39. The number of carbonyl (C=O) groups excluding carboxylic acids is 2. The number of hydrogen-bond acceptors (Lipinski definition) is 4. The van der Waals surface area contributed by atoms with E-state index in [1.807, 2.05) is 0 Å². The number of sulfone groups is 1. The zero-order valence-electron chi connectivity index (χ0n) is 8.81. The van der Waals surface area contributed by atoms with Crippen LogP contribution in [-0.2, 0) is 19.4 Å². The fourth-order valence-electron chi connectivity index (χ4n) is 1.71. The fraction of sp³-hybridized carbons (Fsp3) is 0.167. The van der Waals surface area contributed by atoms with Crippen LogP contribution in [0.4, 0.5) is 0 Å². The lowest BCUT2D eigenvalue weighted by molar-refractivity contribution is -0.113. The molecule has 17 heavy (non-hydrogen) atoms. The highest BCUT2D eigenvalue weighted by atomic mass is 32.2. The van der Waals surface area contributed by atoms with E-state index in [-0.39, 0.29) is 0 Å². The molecule has 0 fully saturated rings. The standard InChI is InChI=1S/C12H10O4S/c13-9-5-1-3-7-11(9)17(15,16)12-8-4-2-6-10(12)14/h1-8,11-12H. The molecule has 0 aliphatic heterocycles. The lowest BCUT2D eigenvalue weighted by Gasteiger charge is -2.18. The molecule has 0 aromatic heterocycles. The zero-order valence-corrected chi connectivity index (χ0v) is 9.63. The molecule has 2 rings (SSSR count). The third-order valence-corrected chi connectivity index (χ3v) is 4.78. The first kappa shape index (κ1) is 11.7. The van der Waals surface area contributed by atoms with Gasteiger partial charge in [-0.1, -0.05) is 36.5 Å². The summed E-state index contributed by atoms with van der Waals surface area (Å²) in [5.41, 5.74) is 0. The normalized spacial score (nSPS) is 27.8. The van der Waals surface area contributed by atoms with E-state index in [9.17, 15) is 18.0 Å². The lowest BCUT2D eigenvalue weighted by atomic mass is 10.1. The molecule has 0 heterocycles. The van der Waals surface area contributed by atoms with Crippen LogP contribution in [0.5, 0.6) is 0 Å². The zero-order chi connectivity index (χ0) is 12.5. The Labute approximate surface area is 98.9 Å². The van der Waals surface area contributed by atoms with Gasteiger partial charge in [-0.3, -0.25) is 9.59 Å². The first-order valence-electron chi connectivity index (χ1n) is 5.03. The molecular weight excluding hydrogens is 240 g/mol. The molecule has 0 radical (unpaired) electrons. The van der Waals surface area contributed by atoms with Crippen molar-refractivity contribution in [3.8, 4) is 0 Å². The predicted octanol–water partition coefficient (Wildman–Crippen LogP) is 0.529. The summed E-state index contributed by atoms with van der Waals surface area (Å²) in [6, 6.07) is 0. The van der Waals surface area contributed by atoms with Crippen LogP contribution in [0.15, 0.2) is 48.6 Å². The summed E-state index contributed by atoms with van der Waals surface area (Å²) >= 11 is 0. The minimum Gasteiger partial charge on any atom is -0.293 e. The second-order valence-corrected chi connectivity index (χ2v) is 5.92. The number of ketones is 2. The van der Waals surface area contributed by atoms with Crippen molar-refractivity contribution in [2.45, 2.75) is 10.5 Å². The molecule has 0 saturated heterocycles. The van der Waals surface area contributed by atoms with Gasteiger partial charge in [0.15, 0.2) is 21.4 Å². The van der Waals surface area contributed by atoms with Crippen molar-refractivity contribution in [2.75, 3.05) is 0 Å². The number of hydrogen-bond donors (Lipinski definition) is 0. The van der Waals surface area contributed by atoms with E-state index in [1.54, 1.807) is 0 Å². The molecule has 0 spiro atoms. The summed E-state index contributed by atoms with van der Waals surface area (Å²) < 4.78 is 24.3. The molecule has 5 heteroatoms. The van der Waals surface area contributed by atoms with E-state index in [0.29, 0.717) is 0 Å². The molecule has 88 valence electrons. The van der Waals surface area contributed by atoms with E-state index in [2.05, 4.69) is 0 Å². The van der Waals surface area contributed by atoms with Crippen molar-refractivity contribution in [3.05, 3.63) is 48.6 Å². The maximum absolute atomic E-state index is 12.1. The minimum atomic E-state index is -3.86. The van der Waals surface area contributed by atoms with Gasteiger partial charge in [-0.25, -0.2) is 8.42 Å². The highest BCUT2D eigenvalue weighted by Gasteiger charge is 2.39. The molecule has 2 unspecified atom stereocenters. The quantitative estimate of drug-likeness (QED) is 0.717. The fourth-order valence-corrected chi connectivity index (χ4v) is 3.45. The third-order valence-electron chi connectivity index (χ3n) is 2.58. The monoisotopic (exact) mass is 250 g/mol.